The third kappa shape index (κ3) is 3.51. The highest BCUT2D eigenvalue weighted by Crippen LogP contribution is 2.27. The zero-order chi connectivity index (χ0) is 9.78. The van der Waals surface area contributed by atoms with Crippen LogP contribution >= 0.6 is 0 Å². The summed E-state index contributed by atoms with van der Waals surface area (Å²) in [6.45, 7) is 11.4. The van der Waals surface area contributed by atoms with E-state index in [2.05, 4.69) is 27.4 Å². The van der Waals surface area contributed by atoms with E-state index in [1.165, 1.54) is 12.2 Å². The molecule has 0 rings (SSSR count). The zero-order valence-corrected chi connectivity index (χ0v) is 8.32. The van der Waals surface area contributed by atoms with Crippen LogP contribution in [0, 0.1) is 5.41 Å². The molecule has 0 amide bonds. The first-order valence-electron chi connectivity index (χ1n) is 4.08. The second kappa shape index (κ2) is 4.24. The molecule has 0 spiro atoms. The first kappa shape index (κ1) is 11.2. The maximum atomic E-state index is 12.8. The second-order valence-electron chi connectivity index (χ2n) is 3.73. The van der Waals surface area contributed by atoms with Crippen molar-refractivity contribution in [1.29, 1.82) is 0 Å². The second-order valence-corrected chi connectivity index (χ2v) is 3.73. The molecular formula is C11H17F. The Labute approximate surface area is 74.5 Å². The quantitative estimate of drug-likeness (QED) is 0.546. The van der Waals surface area contributed by atoms with Crippen LogP contribution in [0.3, 0.4) is 0 Å². The molecule has 0 aromatic carbocycles. The fraction of sp³-hybridized carbons (Fsp3) is 0.455. The molecule has 0 aromatic heterocycles. The number of hydrogen-bond donors (Lipinski definition) is 0. The molecule has 0 N–H and O–H groups in total. The Hall–Kier alpha value is -0.850. The summed E-state index contributed by atoms with van der Waals surface area (Å²) in [5.41, 5.74) is 0.981. The first-order chi connectivity index (χ1) is 5.41. The standard InChI is InChI=1S/C11H17F/c1-6-9(11(3,4)5)8-10(12)7-2/h6-8H,2H2,1,3-5H3/b9-6+,10-8+. The minimum Gasteiger partial charge on any atom is -0.207 e. The van der Waals surface area contributed by atoms with Crippen molar-refractivity contribution in [2.24, 2.45) is 5.41 Å². The van der Waals surface area contributed by atoms with Gasteiger partial charge in [-0.05, 0) is 30.1 Å². The smallest absolute Gasteiger partial charge is 0.122 e. The van der Waals surface area contributed by atoms with Crippen molar-refractivity contribution in [2.45, 2.75) is 27.7 Å². The van der Waals surface area contributed by atoms with Crippen LogP contribution in [0.25, 0.3) is 0 Å². The highest BCUT2D eigenvalue weighted by atomic mass is 19.1. The van der Waals surface area contributed by atoms with Gasteiger partial charge in [0.1, 0.15) is 5.83 Å². The van der Waals surface area contributed by atoms with Gasteiger partial charge in [-0.3, -0.25) is 0 Å². The number of hydrogen-bond acceptors (Lipinski definition) is 0. The largest absolute Gasteiger partial charge is 0.207 e. The predicted octanol–water partition coefficient (Wildman–Crippen LogP) is 4.02. The number of halogens is 1. The first-order valence-corrected chi connectivity index (χ1v) is 4.08. The van der Waals surface area contributed by atoms with Crippen molar-refractivity contribution in [3.8, 4) is 0 Å². The fourth-order valence-corrected chi connectivity index (χ4v) is 0.940. The van der Waals surface area contributed by atoms with E-state index in [1.54, 1.807) is 0 Å². The van der Waals surface area contributed by atoms with Crippen LogP contribution in [0.5, 0.6) is 0 Å². The third-order valence-corrected chi connectivity index (χ3v) is 1.67. The van der Waals surface area contributed by atoms with Gasteiger partial charge in [0.05, 0.1) is 0 Å². The van der Waals surface area contributed by atoms with Crippen LogP contribution < -0.4 is 0 Å². The molecule has 0 aromatic rings. The average Bonchev–Trinajstić information content (AvgIpc) is 1.97. The molecule has 0 radical (unpaired) electrons. The summed E-state index contributed by atoms with van der Waals surface area (Å²) in [6, 6.07) is 0. The Balaban J connectivity index is 4.74. The summed E-state index contributed by atoms with van der Waals surface area (Å²) in [7, 11) is 0. The van der Waals surface area contributed by atoms with Crippen molar-refractivity contribution in [3.05, 3.63) is 36.2 Å². The Morgan fingerprint density at radius 2 is 1.83 bits per heavy atom. The normalized spacial score (nSPS) is 14.8. The van der Waals surface area contributed by atoms with Gasteiger partial charge in [0.25, 0.3) is 0 Å². The van der Waals surface area contributed by atoms with Gasteiger partial charge in [0, 0.05) is 0 Å². The Morgan fingerprint density at radius 1 is 1.33 bits per heavy atom. The summed E-state index contributed by atoms with van der Waals surface area (Å²) in [5, 5.41) is 0. The van der Waals surface area contributed by atoms with E-state index in [9.17, 15) is 4.39 Å². The van der Waals surface area contributed by atoms with Gasteiger partial charge in [-0.25, -0.2) is 4.39 Å². The lowest BCUT2D eigenvalue weighted by Crippen LogP contribution is -2.07. The number of rotatable bonds is 2. The van der Waals surface area contributed by atoms with Crippen molar-refractivity contribution in [3.63, 3.8) is 0 Å². The lowest BCUT2D eigenvalue weighted by molar-refractivity contribution is 0.512. The number of allylic oxidation sites excluding steroid dienone is 5. The van der Waals surface area contributed by atoms with Gasteiger partial charge in [0.2, 0.25) is 0 Å². The predicted molar refractivity (Wildman–Crippen MR) is 52.6 cm³/mol. The van der Waals surface area contributed by atoms with Crippen molar-refractivity contribution in [1.82, 2.24) is 0 Å². The van der Waals surface area contributed by atoms with Crippen molar-refractivity contribution < 1.29 is 4.39 Å². The molecular weight excluding hydrogens is 151 g/mol. The molecule has 68 valence electrons. The monoisotopic (exact) mass is 168 g/mol. The van der Waals surface area contributed by atoms with Gasteiger partial charge in [0.15, 0.2) is 0 Å². The molecule has 0 bridgehead atoms. The molecule has 0 fully saturated rings. The van der Waals surface area contributed by atoms with E-state index in [1.807, 2.05) is 13.0 Å². The van der Waals surface area contributed by atoms with E-state index in [0.717, 1.165) is 5.57 Å². The lowest BCUT2D eigenvalue weighted by Gasteiger charge is -2.19. The summed E-state index contributed by atoms with van der Waals surface area (Å²) in [5.74, 6) is -0.280. The van der Waals surface area contributed by atoms with E-state index in [-0.39, 0.29) is 11.2 Å². The topological polar surface area (TPSA) is 0 Å². The molecule has 0 saturated carbocycles. The lowest BCUT2D eigenvalue weighted by atomic mass is 9.86. The molecule has 0 aliphatic rings. The van der Waals surface area contributed by atoms with Gasteiger partial charge in [-0.2, -0.15) is 0 Å². The SMILES string of the molecule is C=C/C(F)=C\C(=C/C)C(C)(C)C. The van der Waals surface area contributed by atoms with Crippen LogP contribution in [0.2, 0.25) is 0 Å². The Morgan fingerprint density at radius 3 is 2.08 bits per heavy atom. The van der Waals surface area contributed by atoms with E-state index >= 15 is 0 Å². The molecule has 0 nitrogen and oxygen atoms in total. The van der Waals surface area contributed by atoms with Crippen molar-refractivity contribution >= 4 is 0 Å². The molecule has 0 unspecified atom stereocenters. The Bertz CT molecular complexity index is 214. The third-order valence-electron chi connectivity index (χ3n) is 1.67. The summed E-state index contributed by atoms with van der Waals surface area (Å²) < 4.78 is 12.8. The maximum Gasteiger partial charge on any atom is 0.122 e. The highest BCUT2D eigenvalue weighted by Gasteiger charge is 2.14. The average molecular weight is 168 g/mol. The zero-order valence-electron chi connectivity index (χ0n) is 8.32. The summed E-state index contributed by atoms with van der Waals surface area (Å²) in [4.78, 5) is 0. The maximum absolute atomic E-state index is 12.8. The molecule has 0 aliphatic carbocycles. The molecule has 0 heterocycles. The van der Waals surface area contributed by atoms with E-state index in [4.69, 9.17) is 0 Å². The van der Waals surface area contributed by atoms with Crippen LogP contribution in [0.1, 0.15) is 27.7 Å². The van der Waals surface area contributed by atoms with Crippen LogP contribution in [0.4, 0.5) is 4.39 Å². The summed E-state index contributed by atoms with van der Waals surface area (Å²) in [6.07, 6.45) is 4.66. The highest BCUT2D eigenvalue weighted by molar-refractivity contribution is 5.29. The van der Waals surface area contributed by atoms with Gasteiger partial charge in [-0.15, -0.1) is 0 Å². The fourth-order valence-electron chi connectivity index (χ4n) is 0.940. The molecule has 0 atom stereocenters. The minimum absolute atomic E-state index is 0.00486. The van der Waals surface area contributed by atoms with Crippen LogP contribution in [-0.2, 0) is 0 Å². The Kier molecular flexibility index (Phi) is 3.94. The molecule has 0 saturated heterocycles. The van der Waals surface area contributed by atoms with E-state index in [0.29, 0.717) is 0 Å². The van der Waals surface area contributed by atoms with Crippen LogP contribution in [-0.4, -0.2) is 0 Å². The molecule has 0 aliphatic heterocycles. The van der Waals surface area contributed by atoms with Gasteiger partial charge < -0.3 is 0 Å². The van der Waals surface area contributed by atoms with Gasteiger partial charge in [-0.1, -0.05) is 33.4 Å². The molecule has 1 heteroatoms. The minimum atomic E-state index is -0.280. The van der Waals surface area contributed by atoms with Gasteiger partial charge >= 0.3 is 0 Å². The van der Waals surface area contributed by atoms with Crippen molar-refractivity contribution in [2.75, 3.05) is 0 Å². The van der Waals surface area contributed by atoms with Crippen LogP contribution in [0.15, 0.2) is 36.2 Å². The molecule has 12 heavy (non-hydrogen) atoms. The summed E-state index contributed by atoms with van der Waals surface area (Å²) >= 11 is 0. The van der Waals surface area contributed by atoms with E-state index < -0.39 is 0 Å².